The minimum absolute atomic E-state index is 0.115. The van der Waals surface area contributed by atoms with E-state index in [1.165, 1.54) is 0 Å². The van der Waals surface area contributed by atoms with E-state index in [4.69, 9.17) is 0 Å². The maximum atomic E-state index is 11.8. The standard InChI is InChI=1S/C13H22N4O/c1-5-10(4)16-12(18)11-8-14-13(15-9-11)17(6-2)7-3/h8-10H,5-7H2,1-4H3,(H,16,18). The smallest absolute Gasteiger partial charge is 0.254 e. The molecule has 5 heteroatoms. The molecule has 1 unspecified atom stereocenters. The molecular weight excluding hydrogens is 228 g/mol. The van der Waals surface area contributed by atoms with E-state index in [2.05, 4.69) is 29.1 Å². The normalized spacial score (nSPS) is 12.0. The van der Waals surface area contributed by atoms with Crippen molar-refractivity contribution < 1.29 is 4.79 Å². The molecule has 1 rings (SSSR count). The molecule has 100 valence electrons. The van der Waals surface area contributed by atoms with Gasteiger partial charge in [0.15, 0.2) is 0 Å². The Bertz CT molecular complexity index is 373. The molecule has 18 heavy (non-hydrogen) atoms. The fourth-order valence-corrected chi connectivity index (χ4v) is 1.52. The Hall–Kier alpha value is -1.65. The molecule has 1 atom stereocenters. The maximum absolute atomic E-state index is 11.8. The van der Waals surface area contributed by atoms with Crippen molar-refractivity contribution in [3.63, 3.8) is 0 Å². The van der Waals surface area contributed by atoms with E-state index < -0.39 is 0 Å². The minimum atomic E-state index is -0.115. The van der Waals surface area contributed by atoms with Gasteiger partial charge in [0.25, 0.3) is 5.91 Å². The number of nitrogens with zero attached hydrogens (tertiary/aromatic N) is 3. The number of carbonyl (C=O) groups is 1. The lowest BCUT2D eigenvalue weighted by atomic mass is 10.2. The van der Waals surface area contributed by atoms with E-state index in [1.807, 2.05) is 18.7 Å². The van der Waals surface area contributed by atoms with Gasteiger partial charge in [0, 0.05) is 31.5 Å². The Balaban J connectivity index is 2.73. The van der Waals surface area contributed by atoms with Gasteiger partial charge in [-0.15, -0.1) is 0 Å². The van der Waals surface area contributed by atoms with Gasteiger partial charge in [0.05, 0.1) is 5.56 Å². The molecule has 0 radical (unpaired) electrons. The summed E-state index contributed by atoms with van der Waals surface area (Å²) in [7, 11) is 0. The topological polar surface area (TPSA) is 58.1 Å². The van der Waals surface area contributed by atoms with Crippen LogP contribution in [0.5, 0.6) is 0 Å². The molecule has 1 N–H and O–H groups in total. The first kappa shape index (κ1) is 14.4. The molecule has 0 spiro atoms. The predicted octanol–water partition coefficient (Wildman–Crippen LogP) is 1.85. The molecule has 0 aromatic carbocycles. The molecule has 0 aliphatic carbocycles. The molecule has 1 amide bonds. The molecule has 0 bridgehead atoms. The zero-order chi connectivity index (χ0) is 13.5. The van der Waals surface area contributed by atoms with Crippen molar-refractivity contribution in [2.45, 2.75) is 40.2 Å². The van der Waals surface area contributed by atoms with Crippen LogP contribution in [0.2, 0.25) is 0 Å². The first-order chi connectivity index (χ1) is 8.62. The number of amides is 1. The first-order valence-corrected chi connectivity index (χ1v) is 6.50. The van der Waals surface area contributed by atoms with Crippen molar-refractivity contribution in [2.75, 3.05) is 18.0 Å². The van der Waals surface area contributed by atoms with Crippen LogP contribution in [-0.4, -0.2) is 35.0 Å². The lowest BCUT2D eigenvalue weighted by Crippen LogP contribution is -2.32. The molecular formula is C13H22N4O. The van der Waals surface area contributed by atoms with Crippen LogP contribution in [0.3, 0.4) is 0 Å². The SMILES string of the molecule is CCC(C)NC(=O)c1cnc(N(CC)CC)nc1. The zero-order valence-electron chi connectivity index (χ0n) is 11.6. The second kappa shape index (κ2) is 6.93. The molecule has 0 fully saturated rings. The van der Waals surface area contributed by atoms with Crippen LogP contribution >= 0.6 is 0 Å². The molecule has 1 aromatic heterocycles. The van der Waals surface area contributed by atoms with Crippen molar-refractivity contribution in [1.82, 2.24) is 15.3 Å². The van der Waals surface area contributed by atoms with E-state index in [1.54, 1.807) is 12.4 Å². The summed E-state index contributed by atoms with van der Waals surface area (Å²) < 4.78 is 0. The van der Waals surface area contributed by atoms with Gasteiger partial charge in [-0.2, -0.15) is 0 Å². The van der Waals surface area contributed by atoms with Crippen LogP contribution in [0.1, 0.15) is 44.5 Å². The largest absolute Gasteiger partial charge is 0.350 e. The molecule has 0 aliphatic heterocycles. The molecule has 1 aromatic rings. The van der Waals surface area contributed by atoms with E-state index in [0.717, 1.165) is 19.5 Å². The van der Waals surface area contributed by atoms with Crippen LogP contribution < -0.4 is 10.2 Å². The third-order valence-electron chi connectivity index (χ3n) is 2.94. The lowest BCUT2D eigenvalue weighted by molar-refractivity contribution is 0.0938. The quantitative estimate of drug-likeness (QED) is 0.837. The van der Waals surface area contributed by atoms with Crippen LogP contribution in [-0.2, 0) is 0 Å². The third kappa shape index (κ3) is 3.68. The van der Waals surface area contributed by atoms with E-state index in [9.17, 15) is 4.79 Å². The summed E-state index contributed by atoms with van der Waals surface area (Å²) >= 11 is 0. The van der Waals surface area contributed by atoms with Gasteiger partial charge >= 0.3 is 0 Å². The van der Waals surface area contributed by atoms with Crippen molar-refractivity contribution in [1.29, 1.82) is 0 Å². The third-order valence-corrected chi connectivity index (χ3v) is 2.94. The molecule has 5 nitrogen and oxygen atoms in total. The highest BCUT2D eigenvalue weighted by molar-refractivity contribution is 5.93. The fraction of sp³-hybridized carbons (Fsp3) is 0.615. The van der Waals surface area contributed by atoms with Gasteiger partial charge in [-0.3, -0.25) is 4.79 Å². The average molecular weight is 250 g/mol. The van der Waals surface area contributed by atoms with Crippen LogP contribution in [0, 0.1) is 0 Å². The first-order valence-electron chi connectivity index (χ1n) is 6.50. The Labute approximate surface area is 109 Å². The summed E-state index contributed by atoms with van der Waals surface area (Å²) in [6.45, 7) is 9.82. The van der Waals surface area contributed by atoms with Crippen molar-refractivity contribution in [2.24, 2.45) is 0 Å². The summed E-state index contributed by atoms with van der Waals surface area (Å²) in [5.74, 6) is 0.551. The van der Waals surface area contributed by atoms with E-state index >= 15 is 0 Å². The summed E-state index contributed by atoms with van der Waals surface area (Å²) in [5.41, 5.74) is 0.506. The van der Waals surface area contributed by atoms with Gasteiger partial charge in [0.1, 0.15) is 0 Å². The number of rotatable bonds is 6. The second-order valence-electron chi connectivity index (χ2n) is 4.23. The summed E-state index contributed by atoms with van der Waals surface area (Å²) in [6, 6.07) is 0.167. The van der Waals surface area contributed by atoms with Gasteiger partial charge < -0.3 is 10.2 Å². The highest BCUT2D eigenvalue weighted by Gasteiger charge is 2.11. The molecule has 0 saturated heterocycles. The Kier molecular flexibility index (Phi) is 5.55. The summed E-state index contributed by atoms with van der Waals surface area (Å²) in [5, 5.41) is 2.89. The van der Waals surface area contributed by atoms with Gasteiger partial charge in [-0.25, -0.2) is 9.97 Å². The predicted molar refractivity (Wildman–Crippen MR) is 72.8 cm³/mol. The monoisotopic (exact) mass is 250 g/mol. The Morgan fingerprint density at radius 3 is 2.28 bits per heavy atom. The number of hydrogen-bond acceptors (Lipinski definition) is 4. The molecule has 0 saturated carbocycles. The van der Waals surface area contributed by atoms with Crippen LogP contribution in [0.25, 0.3) is 0 Å². The number of nitrogens with one attached hydrogen (secondary N) is 1. The lowest BCUT2D eigenvalue weighted by Gasteiger charge is -2.18. The molecule has 0 aliphatic rings. The van der Waals surface area contributed by atoms with Crippen LogP contribution in [0.15, 0.2) is 12.4 Å². The number of aromatic nitrogens is 2. The highest BCUT2D eigenvalue weighted by Crippen LogP contribution is 2.06. The number of hydrogen-bond donors (Lipinski definition) is 1. The number of anilines is 1. The Morgan fingerprint density at radius 2 is 1.83 bits per heavy atom. The Morgan fingerprint density at radius 1 is 1.28 bits per heavy atom. The summed E-state index contributed by atoms with van der Waals surface area (Å²) in [6.07, 6.45) is 4.07. The number of carbonyl (C=O) groups excluding carboxylic acids is 1. The fourth-order valence-electron chi connectivity index (χ4n) is 1.52. The second-order valence-corrected chi connectivity index (χ2v) is 4.23. The van der Waals surface area contributed by atoms with Crippen molar-refractivity contribution in [3.05, 3.63) is 18.0 Å². The van der Waals surface area contributed by atoms with Gasteiger partial charge in [-0.05, 0) is 27.2 Å². The summed E-state index contributed by atoms with van der Waals surface area (Å²) in [4.78, 5) is 22.3. The maximum Gasteiger partial charge on any atom is 0.254 e. The molecule has 1 heterocycles. The minimum Gasteiger partial charge on any atom is -0.350 e. The van der Waals surface area contributed by atoms with Crippen LogP contribution in [0.4, 0.5) is 5.95 Å². The average Bonchev–Trinajstić information content (AvgIpc) is 2.40. The van der Waals surface area contributed by atoms with Crippen molar-refractivity contribution in [3.8, 4) is 0 Å². The highest BCUT2D eigenvalue weighted by atomic mass is 16.1. The zero-order valence-corrected chi connectivity index (χ0v) is 11.6. The van der Waals surface area contributed by atoms with Crippen molar-refractivity contribution >= 4 is 11.9 Å². The van der Waals surface area contributed by atoms with E-state index in [-0.39, 0.29) is 11.9 Å². The van der Waals surface area contributed by atoms with Gasteiger partial charge in [-0.1, -0.05) is 6.92 Å². The van der Waals surface area contributed by atoms with E-state index in [0.29, 0.717) is 11.5 Å². The van der Waals surface area contributed by atoms with Gasteiger partial charge in [0.2, 0.25) is 5.95 Å².